The van der Waals surface area contributed by atoms with Gasteiger partial charge in [-0.1, -0.05) is 43.3 Å². The van der Waals surface area contributed by atoms with Crippen molar-refractivity contribution >= 4 is 16.5 Å². The first-order valence-electron chi connectivity index (χ1n) is 7.98. The Morgan fingerprint density at radius 3 is 2.77 bits per heavy atom. The van der Waals surface area contributed by atoms with Crippen LogP contribution in [0.15, 0.2) is 60.9 Å². The molecule has 1 atom stereocenters. The molecule has 1 aliphatic heterocycles. The highest BCUT2D eigenvalue weighted by molar-refractivity contribution is 5.99. The van der Waals surface area contributed by atoms with Gasteiger partial charge in [-0.25, -0.2) is 0 Å². The first-order chi connectivity index (χ1) is 10.8. The van der Waals surface area contributed by atoms with E-state index in [1.54, 1.807) is 0 Å². The summed E-state index contributed by atoms with van der Waals surface area (Å²) in [6, 6.07) is 17.5. The lowest BCUT2D eigenvalue weighted by Gasteiger charge is -2.22. The van der Waals surface area contributed by atoms with E-state index in [2.05, 4.69) is 59.3 Å². The van der Waals surface area contributed by atoms with Crippen LogP contribution >= 0.6 is 0 Å². The van der Waals surface area contributed by atoms with Gasteiger partial charge in [0.2, 0.25) is 0 Å². The lowest BCUT2D eigenvalue weighted by atomic mass is 9.99. The second kappa shape index (κ2) is 5.45. The first kappa shape index (κ1) is 13.3. The summed E-state index contributed by atoms with van der Waals surface area (Å²) in [4.78, 5) is 6.75. The van der Waals surface area contributed by atoms with Crippen molar-refractivity contribution in [3.8, 4) is 0 Å². The van der Waals surface area contributed by atoms with Gasteiger partial charge >= 0.3 is 0 Å². The Kier molecular flexibility index (Phi) is 3.30. The van der Waals surface area contributed by atoms with Crippen LogP contribution in [0.4, 0.5) is 5.69 Å². The Morgan fingerprint density at radius 2 is 1.95 bits per heavy atom. The molecule has 110 valence electrons. The summed E-state index contributed by atoms with van der Waals surface area (Å²) in [5.41, 5.74) is 4.19. The molecule has 1 aromatic heterocycles. The highest BCUT2D eigenvalue weighted by atomic mass is 15.1. The van der Waals surface area contributed by atoms with Crippen molar-refractivity contribution in [1.29, 1.82) is 0 Å². The Labute approximate surface area is 131 Å². The van der Waals surface area contributed by atoms with Gasteiger partial charge < -0.3 is 4.90 Å². The second-order valence-electron chi connectivity index (χ2n) is 6.19. The van der Waals surface area contributed by atoms with E-state index in [0.717, 1.165) is 19.5 Å². The van der Waals surface area contributed by atoms with Gasteiger partial charge in [-0.2, -0.15) is 0 Å². The van der Waals surface area contributed by atoms with Crippen LogP contribution in [0.5, 0.6) is 0 Å². The van der Waals surface area contributed by atoms with E-state index in [4.69, 9.17) is 0 Å². The quantitative estimate of drug-likeness (QED) is 0.689. The molecular weight excluding hydrogens is 268 g/mol. The topological polar surface area (TPSA) is 16.1 Å². The largest absolute Gasteiger partial charge is 0.367 e. The van der Waals surface area contributed by atoms with Crippen molar-refractivity contribution in [2.75, 3.05) is 11.4 Å². The molecule has 2 aromatic carbocycles. The zero-order valence-electron chi connectivity index (χ0n) is 12.9. The summed E-state index contributed by atoms with van der Waals surface area (Å²) in [5, 5.41) is 2.80. The van der Waals surface area contributed by atoms with Crippen LogP contribution in [-0.4, -0.2) is 11.5 Å². The molecule has 2 heterocycles. The normalized spacial score (nSPS) is 14.5. The van der Waals surface area contributed by atoms with Crippen molar-refractivity contribution in [3.05, 3.63) is 72.1 Å². The first-order valence-corrected chi connectivity index (χ1v) is 7.98. The Balaban J connectivity index is 1.53. The molecule has 4 rings (SSSR count). The van der Waals surface area contributed by atoms with Gasteiger partial charge in [-0.05, 0) is 41.0 Å². The fourth-order valence-electron chi connectivity index (χ4n) is 3.47. The van der Waals surface area contributed by atoms with E-state index in [1.165, 1.54) is 27.6 Å². The molecular formula is C20H20N2. The maximum absolute atomic E-state index is 4.24. The maximum atomic E-state index is 4.24. The van der Waals surface area contributed by atoms with Crippen LogP contribution in [0, 0.1) is 0 Å². The van der Waals surface area contributed by atoms with Crippen LogP contribution in [0.3, 0.4) is 0 Å². The zero-order valence-corrected chi connectivity index (χ0v) is 12.9. The van der Waals surface area contributed by atoms with Gasteiger partial charge in [-0.3, -0.25) is 4.98 Å². The highest BCUT2D eigenvalue weighted by Crippen LogP contribution is 2.37. The van der Waals surface area contributed by atoms with Gasteiger partial charge in [0.25, 0.3) is 0 Å². The van der Waals surface area contributed by atoms with Crippen molar-refractivity contribution < 1.29 is 0 Å². The average Bonchev–Trinajstić information content (AvgIpc) is 2.94. The number of nitrogens with zero attached hydrogens (tertiary/aromatic N) is 2. The minimum atomic E-state index is 0.539. The van der Waals surface area contributed by atoms with Crippen LogP contribution in [0.2, 0.25) is 0 Å². The van der Waals surface area contributed by atoms with E-state index in [9.17, 15) is 0 Å². The highest BCUT2D eigenvalue weighted by Gasteiger charge is 2.21. The number of benzene rings is 2. The molecule has 2 heteroatoms. The average molecular weight is 288 g/mol. The molecule has 1 unspecified atom stereocenters. The molecule has 0 N–H and O–H groups in total. The maximum Gasteiger partial charge on any atom is 0.0452 e. The second-order valence-corrected chi connectivity index (χ2v) is 6.19. The summed E-state index contributed by atoms with van der Waals surface area (Å²) in [7, 11) is 0. The number of aromatic nitrogens is 1. The molecule has 0 fully saturated rings. The Morgan fingerprint density at radius 1 is 1.09 bits per heavy atom. The molecule has 0 amide bonds. The predicted octanol–water partition coefficient (Wildman–Crippen LogP) is 4.75. The lowest BCUT2D eigenvalue weighted by Crippen LogP contribution is -2.21. The van der Waals surface area contributed by atoms with E-state index in [0.29, 0.717) is 5.92 Å². The molecule has 0 saturated heterocycles. The monoisotopic (exact) mass is 288 g/mol. The van der Waals surface area contributed by atoms with E-state index < -0.39 is 0 Å². The SMILES string of the molecule is CC(CCN1Cc2cccc3cccc1c23)c1cccnc1. The fourth-order valence-corrected chi connectivity index (χ4v) is 3.47. The van der Waals surface area contributed by atoms with Crippen molar-refractivity contribution in [3.63, 3.8) is 0 Å². The number of anilines is 1. The van der Waals surface area contributed by atoms with Gasteiger partial charge in [0.15, 0.2) is 0 Å². The van der Waals surface area contributed by atoms with Crippen LogP contribution in [-0.2, 0) is 6.54 Å². The summed E-state index contributed by atoms with van der Waals surface area (Å²) in [5.74, 6) is 0.539. The van der Waals surface area contributed by atoms with Gasteiger partial charge in [0.05, 0.1) is 0 Å². The summed E-state index contributed by atoms with van der Waals surface area (Å²) in [6.45, 7) is 4.42. The van der Waals surface area contributed by atoms with Crippen LogP contribution in [0.1, 0.15) is 30.4 Å². The summed E-state index contributed by atoms with van der Waals surface area (Å²) >= 11 is 0. The van der Waals surface area contributed by atoms with Crippen molar-refractivity contribution in [2.45, 2.75) is 25.8 Å². The molecule has 0 saturated carbocycles. The standard InChI is InChI=1S/C20H20N2/c1-15(17-8-4-11-21-13-17)10-12-22-14-18-7-2-5-16-6-3-9-19(22)20(16)18/h2-9,11,13,15H,10,12,14H2,1H3. The Bertz CT molecular complexity index is 790. The molecule has 0 radical (unpaired) electrons. The molecule has 2 nitrogen and oxygen atoms in total. The number of hydrogen-bond donors (Lipinski definition) is 0. The number of rotatable bonds is 4. The van der Waals surface area contributed by atoms with Crippen molar-refractivity contribution in [1.82, 2.24) is 4.98 Å². The van der Waals surface area contributed by atoms with E-state index >= 15 is 0 Å². The molecule has 3 aromatic rings. The summed E-state index contributed by atoms with van der Waals surface area (Å²) < 4.78 is 0. The third kappa shape index (κ3) is 2.25. The Hall–Kier alpha value is -2.35. The van der Waals surface area contributed by atoms with Crippen LogP contribution in [0.25, 0.3) is 10.8 Å². The molecule has 0 spiro atoms. The summed E-state index contributed by atoms with van der Waals surface area (Å²) in [6.07, 6.45) is 4.98. The molecule has 22 heavy (non-hydrogen) atoms. The van der Waals surface area contributed by atoms with E-state index in [1.807, 2.05) is 18.5 Å². The van der Waals surface area contributed by atoms with E-state index in [-0.39, 0.29) is 0 Å². The lowest BCUT2D eigenvalue weighted by molar-refractivity contribution is 0.650. The molecule has 0 aliphatic carbocycles. The third-order valence-corrected chi connectivity index (χ3v) is 4.76. The fraction of sp³-hybridized carbons (Fsp3) is 0.250. The van der Waals surface area contributed by atoms with Crippen molar-refractivity contribution in [2.24, 2.45) is 0 Å². The minimum Gasteiger partial charge on any atom is -0.367 e. The van der Waals surface area contributed by atoms with Gasteiger partial charge in [0.1, 0.15) is 0 Å². The van der Waals surface area contributed by atoms with Gasteiger partial charge in [0, 0.05) is 36.6 Å². The minimum absolute atomic E-state index is 0.539. The number of hydrogen-bond acceptors (Lipinski definition) is 2. The van der Waals surface area contributed by atoms with Crippen LogP contribution < -0.4 is 4.90 Å². The molecule has 1 aliphatic rings. The number of pyridine rings is 1. The predicted molar refractivity (Wildman–Crippen MR) is 92.3 cm³/mol. The third-order valence-electron chi connectivity index (χ3n) is 4.76. The molecule has 0 bridgehead atoms. The smallest absolute Gasteiger partial charge is 0.0452 e. The van der Waals surface area contributed by atoms with Gasteiger partial charge in [-0.15, -0.1) is 0 Å². The zero-order chi connectivity index (χ0) is 14.9.